The third kappa shape index (κ3) is 8.97. The number of β-lactam (4-membered cyclic amide) rings is 1. The monoisotopic (exact) mass is 867 g/mol. The van der Waals surface area contributed by atoms with Crippen LogP contribution in [0.4, 0.5) is 0 Å². The van der Waals surface area contributed by atoms with Gasteiger partial charge in [0.25, 0.3) is 10.1 Å². The molecule has 1 amide bonds. The zero-order valence-electron chi connectivity index (χ0n) is 35.7. The molecule has 60 heavy (non-hydrogen) atoms. The van der Waals surface area contributed by atoms with Gasteiger partial charge in [-0.25, -0.2) is 4.79 Å². The van der Waals surface area contributed by atoms with Gasteiger partial charge in [0.05, 0.1) is 24.3 Å². The Labute approximate surface area is 357 Å². The number of amides is 1. The van der Waals surface area contributed by atoms with Crippen molar-refractivity contribution in [3.63, 3.8) is 0 Å². The van der Waals surface area contributed by atoms with E-state index < -0.39 is 67.3 Å². The highest BCUT2D eigenvalue weighted by molar-refractivity contribution is 7.96. The lowest BCUT2D eigenvalue weighted by Crippen LogP contribution is -2.72. The minimum Gasteiger partial charge on any atom is -0.457 e. The molecule has 2 fully saturated rings. The van der Waals surface area contributed by atoms with Crippen molar-refractivity contribution in [3.05, 3.63) is 140 Å². The van der Waals surface area contributed by atoms with Crippen LogP contribution in [0.25, 0.3) is 0 Å². The molecule has 0 N–H and O–H groups in total. The molecule has 2 unspecified atom stereocenters. The molecule has 1 aliphatic carbocycles. The number of ether oxygens (including phenoxy) is 1. The Hall–Kier alpha value is -4.38. The average Bonchev–Trinajstić information content (AvgIpc) is 3.22. The first-order valence-corrected chi connectivity index (χ1v) is 27.1. The zero-order chi connectivity index (χ0) is 43.5. The van der Waals surface area contributed by atoms with Crippen LogP contribution in [0.3, 0.4) is 0 Å². The lowest BCUT2D eigenvalue weighted by Gasteiger charge is -2.56. The topological polar surface area (TPSA) is 116 Å². The van der Waals surface area contributed by atoms with Gasteiger partial charge in [0, 0.05) is 18.7 Å². The van der Waals surface area contributed by atoms with Crippen molar-refractivity contribution >= 4 is 64.3 Å². The van der Waals surface area contributed by atoms with Crippen molar-refractivity contribution in [1.29, 1.82) is 0 Å². The Kier molecular flexibility index (Phi) is 13.8. The van der Waals surface area contributed by atoms with Gasteiger partial charge in [-0.1, -0.05) is 161 Å². The average molecular weight is 868 g/mol. The highest BCUT2D eigenvalue weighted by atomic mass is 32.2. The van der Waals surface area contributed by atoms with Crippen molar-refractivity contribution in [3.8, 4) is 0 Å². The molecule has 9 nitrogen and oxygen atoms in total. The Morgan fingerprint density at radius 2 is 1.33 bits per heavy atom. The molecule has 4 aromatic rings. The van der Waals surface area contributed by atoms with Crippen LogP contribution in [0.5, 0.6) is 0 Å². The summed E-state index contributed by atoms with van der Waals surface area (Å²) in [6.45, 7) is 13.0. The number of benzene rings is 4. The number of carbonyl (C=O) groups is 3. The number of hydrogen-bond acceptors (Lipinski definition) is 8. The maximum Gasteiger partial charge on any atom is 0.356 e. The summed E-state index contributed by atoms with van der Waals surface area (Å²) in [7, 11) is -6.47. The summed E-state index contributed by atoms with van der Waals surface area (Å²) >= 11 is 0. The molecule has 4 aromatic carbocycles. The maximum absolute atomic E-state index is 15.5. The molecule has 6 rings (SSSR count). The molecule has 0 aromatic heterocycles. The van der Waals surface area contributed by atoms with Crippen molar-refractivity contribution in [2.45, 2.75) is 83.3 Å². The number of nitrogens with zero attached hydrogens (tertiary/aromatic N) is 1. The number of rotatable bonds is 15. The van der Waals surface area contributed by atoms with Crippen LogP contribution in [0.1, 0.15) is 58.6 Å². The molecule has 0 bridgehead atoms. The van der Waals surface area contributed by atoms with Gasteiger partial charge in [-0.2, -0.15) is 8.42 Å². The summed E-state index contributed by atoms with van der Waals surface area (Å²) in [5.41, 5.74) is 0.734. The SMILES string of the molecule is C=CCOC(=O)C(N1C(=O)[C@H]([C@@H](C)O[Si](C)(C)C(C)(C)C)[C@H]1[C@H]1CCCC(C(OS(C)(=O)=O)c2ccccc2)C1=O)=P(c1ccccc1)(c1ccccc1)c1ccccc1. The number of esters is 1. The standard InChI is InChI=1S/C48H58NO8PSSi/c1-9-33-55-47(52)46(58(36-25-16-11-17-26-36,37-27-18-12-19-28-37)38-29-20-13-21-30-38)49-42(41(45(49)51)34(2)57-60(7,8)48(3,4)5)39-31-22-32-40(43(39)50)44(56-59(6,53)54)35-23-14-10-15-24-35/h9-21,23-30,34,39-42,44H,1,22,31-33H2,2-8H3/t34-,39-,40?,41-,42-,44?/m1/s1. The van der Waals surface area contributed by atoms with E-state index in [2.05, 4.69) is 40.4 Å². The van der Waals surface area contributed by atoms with Crippen LogP contribution in [0.15, 0.2) is 134 Å². The lowest BCUT2D eigenvalue weighted by atomic mass is 9.66. The van der Waals surface area contributed by atoms with Gasteiger partial charge >= 0.3 is 5.97 Å². The summed E-state index contributed by atoms with van der Waals surface area (Å²) in [6.07, 6.45) is 2.16. The van der Waals surface area contributed by atoms with Crippen LogP contribution in [0, 0.1) is 17.8 Å². The van der Waals surface area contributed by atoms with Crippen molar-refractivity contribution < 1.29 is 36.1 Å². The molecule has 1 aliphatic heterocycles. The predicted octanol–water partition coefficient (Wildman–Crippen LogP) is 7.78. The molecule has 0 radical (unpaired) electrons. The molecule has 2 aliphatic rings. The van der Waals surface area contributed by atoms with Crippen LogP contribution in [-0.4, -0.2) is 69.7 Å². The van der Waals surface area contributed by atoms with Crippen molar-refractivity contribution in [2.24, 2.45) is 17.8 Å². The molecule has 1 heterocycles. The fourth-order valence-corrected chi connectivity index (χ4v) is 15.1. The van der Waals surface area contributed by atoms with E-state index in [1.54, 1.807) is 29.2 Å². The summed E-state index contributed by atoms with van der Waals surface area (Å²) in [4.78, 5) is 47.7. The van der Waals surface area contributed by atoms with E-state index in [0.29, 0.717) is 24.8 Å². The normalized spacial score (nSPS) is 21.1. The molecule has 1 saturated carbocycles. The summed E-state index contributed by atoms with van der Waals surface area (Å²) in [5, 5.41) is 2.30. The smallest absolute Gasteiger partial charge is 0.356 e. The summed E-state index contributed by atoms with van der Waals surface area (Å²) < 4.78 is 44.4. The molecular weight excluding hydrogens is 810 g/mol. The molecule has 12 heteroatoms. The Bertz CT molecular complexity index is 2230. The largest absolute Gasteiger partial charge is 0.457 e. The van der Waals surface area contributed by atoms with Gasteiger partial charge < -0.3 is 14.1 Å². The highest BCUT2D eigenvalue weighted by Gasteiger charge is 2.61. The van der Waals surface area contributed by atoms with Crippen LogP contribution in [-0.2, 0) is 37.8 Å². The molecular formula is C48H58NO8PSSi. The first-order valence-electron chi connectivity index (χ1n) is 20.6. The fourth-order valence-electron chi connectivity index (χ4n) is 8.71. The van der Waals surface area contributed by atoms with Gasteiger partial charge in [0.1, 0.15) is 23.9 Å². The van der Waals surface area contributed by atoms with E-state index in [1.807, 2.05) is 104 Å². The third-order valence-electron chi connectivity index (χ3n) is 12.4. The Balaban J connectivity index is 1.66. The van der Waals surface area contributed by atoms with Gasteiger partial charge in [-0.05, 0) is 59.4 Å². The number of Topliss-reactive ketones (excluding diaryl/α,β-unsaturated/α-hetero) is 1. The molecule has 1 saturated heterocycles. The second kappa shape index (κ2) is 18.3. The second-order valence-electron chi connectivity index (χ2n) is 17.4. The highest BCUT2D eigenvalue weighted by Crippen LogP contribution is 2.53. The van der Waals surface area contributed by atoms with E-state index in [4.69, 9.17) is 13.3 Å². The zero-order valence-corrected chi connectivity index (χ0v) is 38.4. The fraction of sp³-hybridized carbons (Fsp3) is 0.375. The molecule has 318 valence electrons. The first-order chi connectivity index (χ1) is 28.4. The van der Waals surface area contributed by atoms with Crippen LogP contribution in [0.2, 0.25) is 18.1 Å². The predicted molar refractivity (Wildman–Crippen MR) is 244 cm³/mol. The first kappa shape index (κ1) is 45.2. The van der Waals surface area contributed by atoms with Crippen molar-refractivity contribution in [1.82, 2.24) is 4.90 Å². The van der Waals surface area contributed by atoms with E-state index in [1.165, 1.54) is 6.08 Å². The quantitative estimate of drug-likeness (QED) is 0.0297. The number of carbonyl (C=O) groups excluding carboxylic acids is 3. The third-order valence-corrected chi connectivity index (χ3v) is 21.8. The van der Waals surface area contributed by atoms with E-state index >= 15 is 14.4 Å². The number of hydrogen-bond donors (Lipinski definition) is 0. The molecule has 0 spiro atoms. The minimum atomic E-state index is -4.00. The maximum atomic E-state index is 15.5. The van der Waals surface area contributed by atoms with E-state index in [9.17, 15) is 8.42 Å². The Morgan fingerprint density at radius 1 is 0.850 bits per heavy atom. The summed E-state index contributed by atoms with van der Waals surface area (Å²) in [5.74, 6) is -3.67. The van der Waals surface area contributed by atoms with Gasteiger partial charge in [0.2, 0.25) is 5.91 Å². The lowest BCUT2D eigenvalue weighted by molar-refractivity contribution is -0.164. The van der Waals surface area contributed by atoms with Gasteiger partial charge in [-0.15, -0.1) is 0 Å². The van der Waals surface area contributed by atoms with E-state index in [0.717, 1.165) is 22.2 Å². The number of ketones is 1. The van der Waals surface area contributed by atoms with E-state index in [-0.39, 0.29) is 28.8 Å². The minimum absolute atomic E-state index is 0.103. The molecule has 6 atom stereocenters. The van der Waals surface area contributed by atoms with Crippen LogP contribution >= 0.6 is 6.89 Å². The summed E-state index contributed by atoms with van der Waals surface area (Å²) in [6, 6.07) is 37.4. The Morgan fingerprint density at radius 3 is 1.78 bits per heavy atom. The van der Waals surface area contributed by atoms with Crippen LogP contribution < -0.4 is 15.9 Å². The van der Waals surface area contributed by atoms with Gasteiger partial charge in [0.15, 0.2) is 8.32 Å². The van der Waals surface area contributed by atoms with Crippen molar-refractivity contribution in [2.75, 3.05) is 12.9 Å². The number of likely N-dealkylation sites (tertiary alicyclic amines) is 1. The van der Waals surface area contributed by atoms with Gasteiger partial charge in [-0.3, -0.25) is 13.8 Å². The second-order valence-corrected chi connectivity index (χ2v) is 27.0.